The number of hydrogen-bond acceptors (Lipinski definition) is 2. The minimum atomic E-state index is 0. The highest BCUT2D eigenvalue weighted by atomic mass is 79.9. The lowest BCUT2D eigenvalue weighted by molar-refractivity contribution is 0.410. The van der Waals surface area contributed by atoms with Crippen LogP contribution in [0.5, 0.6) is 5.75 Å². The van der Waals surface area contributed by atoms with E-state index < -0.39 is 0 Å². The highest BCUT2D eigenvalue weighted by Gasteiger charge is 2.13. The van der Waals surface area contributed by atoms with E-state index in [4.69, 9.17) is 4.74 Å². The van der Waals surface area contributed by atoms with Crippen molar-refractivity contribution in [3.05, 3.63) is 28.8 Å². The standard InChI is InChI=1S/C11H15NO.BrH/c1-8-10-5-6-12-7-9(10)3-4-11(8)13-2;/h3-4,12H,5-7H2,1-2H3;1H. The van der Waals surface area contributed by atoms with E-state index in [-0.39, 0.29) is 17.0 Å². The quantitative estimate of drug-likeness (QED) is 0.834. The van der Waals surface area contributed by atoms with Crippen molar-refractivity contribution >= 4 is 17.0 Å². The Morgan fingerprint density at radius 3 is 2.86 bits per heavy atom. The minimum absolute atomic E-state index is 0. The fourth-order valence-electron chi connectivity index (χ4n) is 1.96. The average Bonchev–Trinajstić information content (AvgIpc) is 2.19. The summed E-state index contributed by atoms with van der Waals surface area (Å²) in [5.74, 6) is 1.01. The summed E-state index contributed by atoms with van der Waals surface area (Å²) in [7, 11) is 1.73. The Morgan fingerprint density at radius 2 is 2.14 bits per heavy atom. The fraction of sp³-hybridized carbons (Fsp3) is 0.455. The van der Waals surface area contributed by atoms with Crippen LogP contribution in [0.2, 0.25) is 0 Å². The van der Waals surface area contributed by atoms with Gasteiger partial charge in [0.1, 0.15) is 5.75 Å². The number of hydrogen-bond donors (Lipinski definition) is 1. The number of rotatable bonds is 1. The molecule has 1 N–H and O–H groups in total. The van der Waals surface area contributed by atoms with Gasteiger partial charge in [0.05, 0.1) is 7.11 Å². The highest BCUT2D eigenvalue weighted by molar-refractivity contribution is 8.93. The number of halogens is 1. The third-order valence-electron chi connectivity index (χ3n) is 2.73. The number of fused-ring (bicyclic) bond motifs is 1. The predicted octanol–water partition coefficient (Wildman–Crippen LogP) is 2.23. The van der Waals surface area contributed by atoms with Gasteiger partial charge < -0.3 is 10.1 Å². The van der Waals surface area contributed by atoms with Crippen molar-refractivity contribution in [2.24, 2.45) is 0 Å². The van der Waals surface area contributed by atoms with Gasteiger partial charge in [-0.2, -0.15) is 0 Å². The molecule has 0 unspecified atom stereocenters. The van der Waals surface area contributed by atoms with E-state index in [0.29, 0.717) is 0 Å². The van der Waals surface area contributed by atoms with Gasteiger partial charge in [0, 0.05) is 6.54 Å². The van der Waals surface area contributed by atoms with Crippen molar-refractivity contribution in [1.29, 1.82) is 0 Å². The summed E-state index contributed by atoms with van der Waals surface area (Å²) in [5.41, 5.74) is 4.20. The molecule has 2 rings (SSSR count). The van der Waals surface area contributed by atoms with E-state index in [1.807, 2.05) is 0 Å². The second-order valence-corrected chi connectivity index (χ2v) is 3.46. The maximum atomic E-state index is 5.29. The van der Waals surface area contributed by atoms with Gasteiger partial charge in [-0.1, -0.05) is 6.07 Å². The molecular formula is C11H16BrNO. The zero-order valence-electron chi connectivity index (χ0n) is 8.59. The van der Waals surface area contributed by atoms with Gasteiger partial charge in [-0.15, -0.1) is 17.0 Å². The molecule has 78 valence electrons. The van der Waals surface area contributed by atoms with Crippen LogP contribution in [-0.4, -0.2) is 13.7 Å². The lowest BCUT2D eigenvalue weighted by Crippen LogP contribution is -2.24. The molecule has 0 fully saturated rings. The summed E-state index contributed by atoms with van der Waals surface area (Å²) >= 11 is 0. The third kappa shape index (κ3) is 1.93. The van der Waals surface area contributed by atoms with E-state index in [2.05, 4.69) is 24.4 Å². The lowest BCUT2D eigenvalue weighted by atomic mass is 9.96. The molecular weight excluding hydrogens is 242 g/mol. The molecule has 0 atom stereocenters. The highest BCUT2D eigenvalue weighted by Crippen LogP contribution is 2.26. The lowest BCUT2D eigenvalue weighted by Gasteiger charge is -2.20. The monoisotopic (exact) mass is 257 g/mol. The van der Waals surface area contributed by atoms with E-state index >= 15 is 0 Å². The smallest absolute Gasteiger partial charge is 0.122 e. The van der Waals surface area contributed by atoms with E-state index in [1.54, 1.807) is 7.11 Å². The SMILES string of the molecule is Br.COc1ccc2c(c1C)CCNC2. The normalized spacial score (nSPS) is 14.1. The molecule has 2 nitrogen and oxygen atoms in total. The Labute approximate surface area is 95.4 Å². The van der Waals surface area contributed by atoms with Gasteiger partial charge >= 0.3 is 0 Å². The van der Waals surface area contributed by atoms with E-state index in [0.717, 1.165) is 25.3 Å². The van der Waals surface area contributed by atoms with Crippen molar-refractivity contribution in [2.75, 3.05) is 13.7 Å². The molecule has 1 aromatic rings. The van der Waals surface area contributed by atoms with Crippen molar-refractivity contribution < 1.29 is 4.74 Å². The molecule has 0 aliphatic carbocycles. The van der Waals surface area contributed by atoms with Crippen molar-refractivity contribution in [1.82, 2.24) is 5.32 Å². The largest absolute Gasteiger partial charge is 0.496 e. The Hall–Kier alpha value is -0.540. The molecule has 0 amide bonds. The molecule has 0 bridgehead atoms. The second kappa shape index (κ2) is 4.80. The number of ether oxygens (including phenoxy) is 1. The molecule has 0 saturated carbocycles. The first-order chi connectivity index (χ1) is 6.33. The molecule has 0 saturated heterocycles. The Bertz CT molecular complexity index is 325. The van der Waals surface area contributed by atoms with Crippen LogP contribution in [-0.2, 0) is 13.0 Å². The Morgan fingerprint density at radius 1 is 1.36 bits per heavy atom. The van der Waals surface area contributed by atoms with Gasteiger partial charge in [0.15, 0.2) is 0 Å². The number of methoxy groups -OCH3 is 1. The van der Waals surface area contributed by atoms with Crippen molar-refractivity contribution in [3.8, 4) is 5.75 Å². The maximum absolute atomic E-state index is 5.29. The van der Waals surface area contributed by atoms with Gasteiger partial charge in [-0.05, 0) is 42.6 Å². The molecule has 1 aliphatic rings. The summed E-state index contributed by atoms with van der Waals surface area (Å²) in [5, 5.41) is 3.36. The van der Waals surface area contributed by atoms with Crippen LogP contribution in [0.4, 0.5) is 0 Å². The summed E-state index contributed by atoms with van der Waals surface area (Å²) in [6, 6.07) is 4.22. The van der Waals surface area contributed by atoms with Crippen LogP contribution in [0.1, 0.15) is 16.7 Å². The van der Waals surface area contributed by atoms with Gasteiger partial charge in [0.2, 0.25) is 0 Å². The topological polar surface area (TPSA) is 21.3 Å². The summed E-state index contributed by atoms with van der Waals surface area (Å²) < 4.78 is 5.29. The molecule has 1 aromatic carbocycles. The zero-order valence-corrected chi connectivity index (χ0v) is 10.3. The summed E-state index contributed by atoms with van der Waals surface area (Å²) in [6.07, 6.45) is 1.12. The summed E-state index contributed by atoms with van der Waals surface area (Å²) in [4.78, 5) is 0. The second-order valence-electron chi connectivity index (χ2n) is 3.46. The van der Waals surface area contributed by atoms with Crippen LogP contribution in [0.3, 0.4) is 0 Å². The van der Waals surface area contributed by atoms with Crippen LogP contribution < -0.4 is 10.1 Å². The average molecular weight is 258 g/mol. The van der Waals surface area contributed by atoms with Gasteiger partial charge in [0.25, 0.3) is 0 Å². The van der Waals surface area contributed by atoms with E-state index in [1.165, 1.54) is 16.7 Å². The Balaban J connectivity index is 0.000000980. The van der Waals surface area contributed by atoms with Gasteiger partial charge in [-0.3, -0.25) is 0 Å². The summed E-state index contributed by atoms with van der Waals surface area (Å²) in [6.45, 7) is 4.23. The van der Waals surface area contributed by atoms with Gasteiger partial charge in [-0.25, -0.2) is 0 Å². The van der Waals surface area contributed by atoms with Crippen LogP contribution >= 0.6 is 17.0 Å². The van der Waals surface area contributed by atoms with E-state index in [9.17, 15) is 0 Å². The molecule has 1 aliphatic heterocycles. The van der Waals surface area contributed by atoms with Crippen LogP contribution in [0.15, 0.2) is 12.1 Å². The predicted molar refractivity (Wildman–Crippen MR) is 63.5 cm³/mol. The number of benzene rings is 1. The van der Waals surface area contributed by atoms with Crippen molar-refractivity contribution in [3.63, 3.8) is 0 Å². The first kappa shape index (κ1) is 11.5. The molecule has 0 spiro atoms. The van der Waals surface area contributed by atoms with Crippen LogP contribution in [0, 0.1) is 6.92 Å². The first-order valence-electron chi connectivity index (χ1n) is 4.69. The molecule has 14 heavy (non-hydrogen) atoms. The molecule has 3 heteroatoms. The number of nitrogens with one attached hydrogen (secondary N) is 1. The molecule has 1 heterocycles. The minimum Gasteiger partial charge on any atom is -0.496 e. The fourth-order valence-corrected chi connectivity index (χ4v) is 1.96. The first-order valence-corrected chi connectivity index (χ1v) is 4.69. The van der Waals surface area contributed by atoms with Crippen molar-refractivity contribution in [2.45, 2.75) is 19.9 Å². The third-order valence-corrected chi connectivity index (χ3v) is 2.73. The zero-order chi connectivity index (χ0) is 9.26. The Kier molecular flexibility index (Phi) is 3.96. The maximum Gasteiger partial charge on any atom is 0.122 e. The molecule has 0 aromatic heterocycles. The van der Waals surface area contributed by atoms with Crippen LogP contribution in [0.25, 0.3) is 0 Å². The molecule has 0 radical (unpaired) electrons.